The van der Waals surface area contributed by atoms with E-state index in [0.717, 1.165) is 25.7 Å². The quantitative estimate of drug-likeness (QED) is 0.106. The van der Waals surface area contributed by atoms with Crippen molar-refractivity contribution in [2.75, 3.05) is 6.54 Å². The molecule has 0 radical (unpaired) electrons. The fraction of sp³-hybridized carbons (Fsp3) is 0.862. The van der Waals surface area contributed by atoms with Crippen LogP contribution in [0.4, 0.5) is 18.0 Å². The number of rotatable bonds is 18. The Bertz CT molecular complexity index is 911. The van der Waals surface area contributed by atoms with E-state index in [9.17, 15) is 42.9 Å². The van der Waals surface area contributed by atoms with Gasteiger partial charge in [0, 0.05) is 25.4 Å². The van der Waals surface area contributed by atoms with Crippen LogP contribution in [0.5, 0.6) is 0 Å². The Morgan fingerprint density at radius 3 is 1.80 bits per heavy atom. The zero-order valence-electron chi connectivity index (χ0n) is 26.6. The van der Waals surface area contributed by atoms with Crippen molar-refractivity contribution in [1.29, 1.82) is 0 Å². The Labute approximate surface area is 262 Å². The third kappa shape index (κ3) is 14.1. The summed E-state index contributed by atoms with van der Waals surface area (Å²) in [6.45, 7) is 7.00. The van der Waals surface area contributed by atoms with Crippen LogP contribution < -0.4 is 16.4 Å². The topological polar surface area (TPSA) is 218 Å². The number of nitrogens with one attached hydrogen (secondary N) is 2. The second-order valence-electron chi connectivity index (χ2n) is 11.1. The van der Waals surface area contributed by atoms with E-state index in [2.05, 4.69) is 17.6 Å². The zero-order valence-corrected chi connectivity index (χ0v) is 26.6. The number of carbonyl (C=O) groups is 4. The second kappa shape index (κ2) is 21.2. The minimum absolute atomic E-state index is 0.0194. The number of carbonyl (C=O) groups excluding carboxylic acids is 2. The Balaban J connectivity index is 0.00000246. The SMILES string of the molecule is CCCCCCCCCCCCNC(=O)O[C@H]1OC(C(=O)O)(C(O)CC)C(C(O)CC)[C@H](N)[C@H]1NC(C)=O.O=C(O)C(F)(F)F. The number of aliphatic hydroxyl groups is 2. The van der Waals surface area contributed by atoms with Gasteiger partial charge in [-0.15, -0.1) is 0 Å². The molecule has 0 aromatic rings. The molecular weight excluding hydrogens is 607 g/mol. The number of amides is 2. The molecule has 0 aliphatic carbocycles. The van der Waals surface area contributed by atoms with Crippen LogP contribution in [0.25, 0.3) is 0 Å². The lowest BCUT2D eigenvalue weighted by Crippen LogP contribution is -2.76. The summed E-state index contributed by atoms with van der Waals surface area (Å²) in [6, 6.07) is -2.34. The summed E-state index contributed by atoms with van der Waals surface area (Å²) >= 11 is 0. The molecule has 0 spiro atoms. The Morgan fingerprint density at radius 2 is 1.40 bits per heavy atom. The molecule has 8 N–H and O–H groups in total. The summed E-state index contributed by atoms with van der Waals surface area (Å²) in [5, 5.41) is 43.9. The van der Waals surface area contributed by atoms with Crippen molar-refractivity contribution in [3.8, 4) is 0 Å². The Kier molecular flexibility index (Phi) is 19.9. The number of unbranched alkanes of at least 4 members (excludes halogenated alkanes) is 9. The van der Waals surface area contributed by atoms with Crippen LogP contribution >= 0.6 is 0 Å². The van der Waals surface area contributed by atoms with Gasteiger partial charge in [0.1, 0.15) is 6.04 Å². The average molecular weight is 660 g/mol. The van der Waals surface area contributed by atoms with Crippen LogP contribution in [0.2, 0.25) is 0 Å². The van der Waals surface area contributed by atoms with Crippen LogP contribution in [0, 0.1) is 5.92 Å². The number of carboxylic acid groups (broad SMARTS) is 2. The number of ether oxygens (including phenoxy) is 2. The van der Waals surface area contributed by atoms with Crippen LogP contribution in [0.3, 0.4) is 0 Å². The highest BCUT2D eigenvalue weighted by atomic mass is 19.4. The Hall–Kier alpha value is -2.69. The zero-order chi connectivity index (χ0) is 34.8. The highest BCUT2D eigenvalue weighted by Crippen LogP contribution is 2.41. The van der Waals surface area contributed by atoms with Gasteiger partial charge in [0.2, 0.25) is 17.8 Å². The number of carboxylic acids is 2. The van der Waals surface area contributed by atoms with Crippen molar-refractivity contribution < 1.29 is 62.2 Å². The standard InChI is InChI=1S/C27H51N3O8.C2HF3O2/c1-5-8-9-10-11-12-13-14-15-16-17-29-26(36)37-24-23(30-18(4)31)22(28)21(19(32)6-2)27(38-24,25(34)35)20(33)7-3;3-2(4,5)1(6)7/h19-24,32-33H,5-17,28H2,1-4H3,(H,29,36)(H,30,31)(H,34,35);(H,6,7)/t19?,20?,21?,22-,23+,24-,27?;/m0./s1. The lowest BCUT2D eigenvalue weighted by molar-refractivity contribution is -0.288. The summed E-state index contributed by atoms with van der Waals surface area (Å²) < 4.78 is 42.9. The largest absolute Gasteiger partial charge is 0.490 e. The molecule has 45 heavy (non-hydrogen) atoms. The molecular formula is C29H52F3N3O10. The van der Waals surface area contributed by atoms with Gasteiger partial charge in [0.05, 0.1) is 12.2 Å². The van der Waals surface area contributed by atoms with E-state index < -0.39 is 72.2 Å². The lowest BCUT2D eigenvalue weighted by atomic mass is 9.69. The van der Waals surface area contributed by atoms with Crippen molar-refractivity contribution in [2.24, 2.45) is 11.7 Å². The molecule has 0 bridgehead atoms. The molecule has 13 nitrogen and oxygen atoms in total. The monoisotopic (exact) mass is 659 g/mol. The average Bonchev–Trinajstić information content (AvgIpc) is 2.96. The molecule has 1 fully saturated rings. The third-order valence-electron chi connectivity index (χ3n) is 7.61. The molecule has 1 rings (SSSR count). The van der Waals surface area contributed by atoms with Crippen LogP contribution in [0.15, 0.2) is 0 Å². The Morgan fingerprint density at radius 1 is 0.911 bits per heavy atom. The maximum absolute atomic E-state index is 12.6. The summed E-state index contributed by atoms with van der Waals surface area (Å²) in [7, 11) is 0. The fourth-order valence-electron chi connectivity index (χ4n) is 5.22. The van der Waals surface area contributed by atoms with Crippen molar-refractivity contribution in [2.45, 2.75) is 147 Å². The highest BCUT2D eigenvalue weighted by Gasteiger charge is 2.64. The second-order valence-corrected chi connectivity index (χ2v) is 11.1. The van der Waals surface area contributed by atoms with Gasteiger partial charge in [-0.05, 0) is 19.3 Å². The van der Waals surface area contributed by atoms with Crippen molar-refractivity contribution in [1.82, 2.24) is 10.6 Å². The van der Waals surface area contributed by atoms with Crippen molar-refractivity contribution in [3.63, 3.8) is 0 Å². The number of nitrogens with two attached hydrogens (primary N) is 1. The first-order valence-electron chi connectivity index (χ1n) is 15.6. The molecule has 0 aromatic heterocycles. The van der Waals surface area contributed by atoms with Crippen molar-refractivity contribution >= 4 is 23.9 Å². The number of alkyl halides is 3. The summed E-state index contributed by atoms with van der Waals surface area (Å²) in [5.41, 5.74) is 4.05. The molecule has 1 aliphatic heterocycles. The van der Waals surface area contributed by atoms with E-state index >= 15 is 0 Å². The first-order valence-corrected chi connectivity index (χ1v) is 15.6. The maximum atomic E-state index is 12.6. The fourth-order valence-corrected chi connectivity index (χ4v) is 5.22. The van der Waals surface area contributed by atoms with Crippen LogP contribution in [-0.2, 0) is 23.9 Å². The minimum atomic E-state index is -5.08. The normalized spacial score (nSPS) is 24.4. The van der Waals surface area contributed by atoms with E-state index in [1.807, 2.05) is 0 Å². The lowest BCUT2D eigenvalue weighted by Gasteiger charge is -2.52. The molecule has 0 aromatic carbocycles. The van der Waals surface area contributed by atoms with Gasteiger partial charge in [-0.3, -0.25) is 4.79 Å². The first-order chi connectivity index (χ1) is 21.0. The molecule has 2 amide bonds. The van der Waals surface area contributed by atoms with Crippen molar-refractivity contribution in [3.05, 3.63) is 0 Å². The van der Waals surface area contributed by atoms with E-state index in [0.29, 0.717) is 6.54 Å². The first kappa shape index (κ1) is 42.3. The molecule has 16 heteroatoms. The summed E-state index contributed by atoms with van der Waals surface area (Å²) in [6.07, 6.45) is 1.28. The van der Waals surface area contributed by atoms with Gasteiger partial charge >= 0.3 is 24.2 Å². The number of aliphatic carboxylic acids is 2. The predicted molar refractivity (Wildman–Crippen MR) is 157 cm³/mol. The molecule has 1 heterocycles. The predicted octanol–water partition coefficient (Wildman–Crippen LogP) is 3.44. The van der Waals surface area contributed by atoms with Gasteiger partial charge in [0.15, 0.2) is 0 Å². The third-order valence-corrected chi connectivity index (χ3v) is 7.61. The van der Waals surface area contributed by atoms with Gasteiger partial charge in [-0.25, -0.2) is 14.4 Å². The number of aliphatic hydroxyl groups excluding tert-OH is 2. The molecule has 0 saturated carbocycles. The number of alkyl carbamates (subject to hydrolysis) is 1. The maximum Gasteiger partial charge on any atom is 0.490 e. The minimum Gasteiger partial charge on any atom is -0.479 e. The molecule has 4 unspecified atom stereocenters. The van der Waals surface area contributed by atoms with Gasteiger partial charge in [-0.2, -0.15) is 13.2 Å². The van der Waals surface area contributed by atoms with Crippen LogP contribution in [-0.4, -0.2) is 93.3 Å². The van der Waals surface area contributed by atoms with Gasteiger partial charge in [0.25, 0.3) is 0 Å². The molecule has 7 atom stereocenters. The summed E-state index contributed by atoms with van der Waals surface area (Å²) in [5.74, 6) is -6.09. The molecule has 1 aliphatic rings. The van der Waals surface area contributed by atoms with E-state index in [4.69, 9.17) is 25.1 Å². The van der Waals surface area contributed by atoms with Crippen LogP contribution in [0.1, 0.15) is 105 Å². The van der Waals surface area contributed by atoms with Gasteiger partial charge in [-0.1, -0.05) is 78.6 Å². The number of hydrogen-bond acceptors (Lipinski definition) is 9. The highest BCUT2D eigenvalue weighted by molar-refractivity contribution is 5.80. The van der Waals surface area contributed by atoms with Gasteiger partial charge < -0.3 is 46.3 Å². The molecule has 264 valence electrons. The molecule has 1 saturated heterocycles. The van der Waals surface area contributed by atoms with E-state index in [1.54, 1.807) is 13.8 Å². The smallest absolute Gasteiger partial charge is 0.479 e. The van der Waals surface area contributed by atoms with E-state index in [1.165, 1.54) is 45.4 Å². The summed E-state index contributed by atoms with van der Waals surface area (Å²) in [4.78, 5) is 45.9. The van der Waals surface area contributed by atoms with E-state index in [-0.39, 0.29) is 12.8 Å². The number of hydrogen-bond donors (Lipinski definition) is 7. The number of halogens is 3.